The third kappa shape index (κ3) is 5.75. The second-order valence-electron chi connectivity index (χ2n) is 3.49. The maximum atomic E-state index is 11.3. The fourth-order valence-corrected chi connectivity index (χ4v) is 0.922. The molecule has 0 atom stereocenters. The Balaban J connectivity index is 4.22. The van der Waals surface area contributed by atoms with Gasteiger partial charge in [-0.3, -0.25) is 0 Å². The first-order chi connectivity index (χ1) is 6.61. The lowest BCUT2D eigenvalue weighted by Gasteiger charge is -2.06. The van der Waals surface area contributed by atoms with Gasteiger partial charge in [-0.05, 0) is 19.3 Å². The summed E-state index contributed by atoms with van der Waals surface area (Å²) in [5.41, 5.74) is 0.614. The van der Waals surface area contributed by atoms with Gasteiger partial charge in [-0.2, -0.15) is 0 Å². The van der Waals surface area contributed by atoms with Gasteiger partial charge in [0.25, 0.3) is 0 Å². The Morgan fingerprint density at radius 2 is 2.07 bits per heavy atom. The molecule has 82 valence electrons. The molecule has 0 N–H and O–H groups in total. The molecule has 14 heavy (non-hydrogen) atoms. The van der Waals surface area contributed by atoms with E-state index >= 15 is 0 Å². The average Bonchev–Trinajstić information content (AvgIpc) is 2.16. The molecule has 0 aliphatic rings. The molecule has 0 unspecified atom stereocenters. The minimum atomic E-state index is -0.292. The van der Waals surface area contributed by atoms with Crippen molar-refractivity contribution in [2.45, 2.75) is 27.2 Å². The number of hydrogen-bond donors (Lipinski definition) is 0. The molecule has 0 rings (SSSR count). The van der Waals surface area contributed by atoms with Gasteiger partial charge in [0, 0.05) is 6.61 Å². The maximum absolute atomic E-state index is 11.3. The van der Waals surface area contributed by atoms with E-state index in [0.29, 0.717) is 24.7 Å². The number of allylic oxidation sites excluding steroid dienone is 1. The molecule has 0 aromatic carbocycles. The molecular weight excluding hydrogens is 180 g/mol. The second-order valence-corrected chi connectivity index (χ2v) is 3.49. The van der Waals surface area contributed by atoms with E-state index in [9.17, 15) is 4.79 Å². The number of rotatable bonds is 6. The van der Waals surface area contributed by atoms with Crippen LogP contribution in [0.2, 0.25) is 0 Å². The molecular formula is C11H20O3. The summed E-state index contributed by atoms with van der Waals surface area (Å²) in [6, 6.07) is 0. The smallest absolute Gasteiger partial charge is 0.335 e. The molecule has 0 saturated heterocycles. The molecule has 0 heterocycles. The van der Waals surface area contributed by atoms with Gasteiger partial charge in [-0.25, -0.2) is 4.79 Å². The Hall–Kier alpha value is -0.830. The van der Waals surface area contributed by atoms with Gasteiger partial charge in [0.1, 0.15) is 0 Å². The highest BCUT2D eigenvalue weighted by atomic mass is 16.5. The number of ether oxygens (including phenoxy) is 2. The molecule has 0 amide bonds. The van der Waals surface area contributed by atoms with E-state index in [1.807, 2.05) is 13.0 Å². The quantitative estimate of drug-likeness (QED) is 0.487. The summed E-state index contributed by atoms with van der Waals surface area (Å²) in [5, 5.41) is 0. The molecule has 3 heteroatoms. The minimum Gasteiger partial charge on any atom is -0.466 e. The van der Waals surface area contributed by atoms with Crippen LogP contribution in [0.4, 0.5) is 0 Å². The zero-order valence-electron chi connectivity index (χ0n) is 9.50. The van der Waals surface area contributed by atoms with E-state index in [0.717, 1.165) is 6.42 Å². The molecule has 0 aliphatic heterocycles. The van der Waals surface area contributed by atoms with Crippen LogP contribution in [0, 0.1) is 5.92 Å². The Morgan fingerprint density at radius 1 is 1.43 bits per heavy atom. The van der Waals surface area contributed by atoms with E-state index in [1.54, 1.807) is 0 Å². The largest absolute Gasteiger partial charge is 0.466 e. The summed E-state index contributed by atoms with van der Waals surface area (Å²) >= 11 is 0. The van der Waals surface area contributed by atoms with Crippen molar-refractivity contribution >= 4 is 5.97 Å². The van der Waals surface area contributed by atoms with Gasteiger partial charge >= 0.3 is 5.97 Å². The summed E-state index contributed by atoms with van der Waals surface area (Å²) in [6.07, 6.45) is 2.77. The lowest BCUT2D eigenvalue weighted by atomic mass is 10.1. The molecule has 0 fully saturated rings. The summed E-state index contributed by atoms with van der Waals surface area (Å²) in [7, 11) is 1.39. The molecule has 0 spiro atoms. The Bertz CT molecular complexity index is 195. The van der Waals surface area contributed by atoms with Crippen LogP contribution in [0.3, 0.4) is 0 Å². The lowest BCUT2D eigenvalue weighted by Crippen LogP contribution is -2.11. The SMILES string of the molecule is CCOCC(=CCC(C)C)C(=O)OC. The van der Waals surface area contributed by atoms with Crippen molar-refractivity contribution in [3.63, 3.8) is 0 Å². The topological polar surface area (TPSA) is 35.5 Å². The van der Waals surface area contributed by atoms with E-state index in [-0.39, 0.29) is 5.97 Å². The van der Waals surface area contributed by atoms with Crippen LogP contribution in [0.25, 0.3) is 0 Å². The van der Waals surface area contributed by atoms with Crippen LogP contribution in [-0.2, 0) is 14.3 Å². The number of hydrogen-bond acceptors (Lipinski definition) is 3. The van der Waals surface area contributed by atoms with Crippen LogP contribution in [0.1, 0.15) is 27.2 Å². The Labute approximate surface area is 86.1 Å². The first kappa shape index (κ1) is 13.2. The zero-order valence-corrected chi connectivity index (χ0v) is 9.50. The van der Waals surface area contributed by atoms with Gasteiger partial charge in [0.05, 0.1) is 19.3 Å². The van der Waals surface area contributed by atoms with E-state index in [1.165, 1.54) is 7.11 Å². The summed E-state index contributed by atoms with van der Waals surface area (Å²) < 4.78 is 9.84. The molecule has 3 nitrogen and oxygen atoms in total. The molecule has 0 aromatic heterocycles. The van der Waals surface area contributed by atoms with Crippen LogP contribution >= 0.6 is 0 Å². The van der Waals surface area contributed by atoms with Crippen molar-refractivity contribution in [1.82, 2.24) is 0 Å². The predicted molar refractivity (Wildman–Crippen MR) is 56.0 cm³/mol. The van der Waals surface area contributed by atoms with E-state index < -0.39 is 0 Å². The molecule has 0 aliphatic carbocycles. The average molecular weight is 200 g/mol. The van der Waals surface area contributed by atoms with Crippen LogP contribution in [0.15, 0.2) is 11.6 Å². The van der Waals surface area contributed by atoms with Crippen molar-refractivity contribution in [3.8, 4) is 0 Å². The van der Waals surface area contributed by atoms with Crippen LogP contribution in [0.5, 0.6) is 0 Å². The highest BCUT2D eigenvalue weighted by Gasteiger charge is 2.09. The maximum Gasteiger partial charge on any atom is 0.335 e. The monoisotopic (exact) mass is 200 g/mol. The van der Waals surface area contributed by atoms with Crippen LogP contribution in [-0.4, -0.2) is 26.3 Å². The molecule has 0 aromatic rings. The van der Waals surface area contributed by atoms with E-state index in [4.69, 9.17) is 4.74 Å². The number of esters is 1. The van der Waals surface area contributed by atoms with Gasteiger partial charge in [0.2, 0.25) is 0 Å². The zero-order chi connectivity index (χ0) is 11.0. The molecule has 0 bridgehead atoms. The predicted octanol–water partition coefficient (Wildman–Crippen LogP) is 2.17. The van der Waals surface area contributed by atoms with Crippen molar-refractivity contribution in [3.05, 3.63) is 11.6 Å². The van der Waals surface area contributed by atoms with Gasteiger partial charge < -0.3 is 9.47 Å². The van der Waals surface area contributed by atoms with Crippen molar-refractivity contribution in [1.29, 1.82) is 0 Å². The number of carbonyl (C=O) groups is 1. The van der Waals surface area contributed by atoms with Gasteiger partial charge in [-0.1, -0.05) is 19.9 Å². The minimum absolute atomic E-state index is 0.292. The highest BCUT2D eigenvalue weighted by Crippen LogP contribution is 2.06. The lowest BCUT2D eigenvalue weighted by molar-refractivity contribution is -0.136. The van der Waals surface area contributed by atoms with Crippen molar-refractivity contribution in [2.24, 2.45) is 5.92 Å². The number of carbonyl (C=O) groups excluding carboxylic acids is 1. The summed E-state index contributed by atoms with van der Waals surface area (Å²) in [6.45, 7) is 7.06. The number of methoxy groups -OCH3 is 1. The summed E-state index contributed by atoms with van der Waals surface area (Å²) in [5.74, 6) is 0.246. The fraction of sp³-hybridized carbons (Fsp3) is 0.727. The second kappa shape index (κ2) is 7.56. The standard InChI is InChI=1S/C11H20O3/c1-5-14-8-10(11(12)13-4)7-6-9(2)3/h7,9H,5-6,8H2,1-4H3. The fourth-order valence-electron chi connectivity index (χ4n) is 0.922. The van der Waals surface area contributed by atoms with E-state index in [2.05, 4.69) is 18.6 Å². The van der Waals surface area contributed by atoms with Crippen molar-refractivity contribution in [2.75, 3.05) is 20.3 Å². The van der Waals surface area contributed by atoms with Gasteiger partial charge in [0.15, 0.2) is 0 Å². The van der Waals surface area contributed by atoms with Crippen LogP contribution < -0.4 is 0 Å². The Kier molecular flexibility index (Phi) is 7.11. The molecule has 0 saturated carbocycles. The normalized spacial score (nSPS) is 11.9. The third-order valence-corrected chi connectivity index (χ3v) is 1.74. The van der Waals surface area contributed by atoms with Crippen molar-refractivity contribution < 1.29 is 14.3 Å². The third-order valence-electron chi connectivity index (χ3n) is 1.74. The summed E-state index contributed by atoms with van der Waals surface area (Å²) in [4.78, 5) is 11.3. The first-order valence-electron chi connectivity index (χ1n) is 4.96. The van der Waals surface area contributed by atoms with Gasteiger partial charge in [-0.15, -0.1) is 0 Å². The first-order valence-corrected chi connectivity index (χ1v) is 4.96. The Morgan fingerprint density at radius 3 is 2.50 bits per heavy atom. The molecule has 0 radical (unpaired) electrons. The highest BCUT2D eigenvalue weighted by molar-refractivity contribution is 5.88.